The third-order valence-electron chi connectivity index (χ3n) is 4.71. The molecule has 1 saturated carbocycles. The number of alkyl halides is 2. The van der Waals surface area contributed by atoms with Crippen molar-refractivity contribution in [1.29, 1.82) is 0 Å². The summed E-state index contributed by atoms with van der Waals surface area (Å²) in [6.45, 7) is 0. The Balaban J connectivity index is 1.80. The smallest absolute Gasteiger partial charge is 0.172 e. The second-order valence-corrected chi connectivity index (χ2v) is 9.31. The quantitative estimate of drug-likeness (QED) is 0.616. The largest absolute Gasteiger partial charge is 0.293 e. The molecule has 0 aromatic heterocycles. The number of hydrogen-bond donors (Lipinski definition) is 0. The van der Waals surface area contributed by atoms with Crippen LogP contribution >= 0.6 is 31.9 Å². The molecule has 0 heterocycles. The van der Waals surface area contributed by atoms with E-state index in [1.807, 2.05) is 24.3 Å². The van der Waals surface area contributed by atoms with E-state index in [2.05, 4.69) is 31.9 Å². The highest BCUT2D eigenvalue weighted by molar-refractivity contribution is 9.25. The van der Waals surface area contributed by atoms with Gasteiger partial charge >= 0.3 is 0 Å². The van der Waals surface area contributed by atoms with Crippen molar-refractivity contribution < 1.29 is 9.18 Å². The summed E-state index contributed by atoms with van der Waals surface area (Å²) < 4.78 is 12.7. The average Bonchev–Trinajstić information content (AvgIpc) is 2.80. The number of hydrogen-bond acceptors (Lipinski definition) is 1. The highest BCUT2D eigenvalue weighted by Gasteiger charge is 2.80. The van der Waals surface area contributed by atoms with Gasteiger partial charge in [-0.1, -0.05) is 68.3 Å². The van der Waals surface area contributed by atoms with Crippen LogP contribution in [0.4, 0.5) is 4.39 Å². The number of ketones is 1. The molecule has 0 radical (unpaired) electrons. The van der Waals surface area contributed by atoms with Gasteiger partial charge in [0, 0.05) is 11.5 Å². The van der Waals surface area contributed by atoms with Crippen LogP contribution in [0.5, 0.6) is 0 Å². The first-order valence-corrected chi connectivity index (χ1v) is 8.33. The molecule has 21 heavy (non-hydrogen) atoms. The van der Waals surface area contributed by atoms with Gasteiger partial charge < -0.3 is 0 Å². The molecule has 4 rings (SSSR count). The van der Waals surface area contributed by atoms with Crippen LogP contribution in [0.15, 0.2) is 48.5 Å². The number of carbonyl (C=O) groups is 1. The fraction of sp³-hybridized carbons (Fsp3) is 0.235. The molecule has 0 bridgehead atoms. The van der Waals surface area contributed by atoms with Gasteiger partial charge in [-0.2, -0.15) is 0 Å². The molecule has 0 N–H and O–H groups in total. The molecule has 0 amide bonds. The lowest BCUT2D eigenvalue weighted by Crippen LogP contribution is -2.17. The molecule has 0 aliphatic heterocycles. The molecule has 4 heteroatoms. The van der Waals surface area contributed by atoms with E-state index in [1.165, 1.54) is 12.1 Å². The number of benzene rings is 2. The van der Waals surface area contributed by atoms with Gasteiger partial charge in [-0.25, -0.2) is 4.39 Å². The second kappa shape index (κ2) is 4.26. The van der Waals surface area contributed by atoms with Gasteiger partial charge in [-0.15, -0.1) is 0 Å². The Morgan fingerprint density at radius 2 is 1.71 bits per heavy atom. The molecule has 2 atom stereocenters. The molecule has 1 spiro atoms. The first kappa shape index (κ1) is 13.6. The second-order valence-electron chi connectivity index (χ2n) is 5.74. The fourth-order valence-electron chi connectivity index (χ4n) is 3.63. The number of fused-ring (bicyclic) bond motifs is 1. The Morgan fingerprint density at radius 3 is 2.38 bits per heavy atom. The van der Waals surface area contributed by atoms with Crippen LogP contribution in [0, 0.1) is 11.2 Å². The summed E-state index contributed by atoms with van der Waals surface area (Å²) in [6, 6.07) is 14.2. The van der Waals surface area contributed by atoms with Crippen molar-refractivity contribution in [3.05, 3.63) is 71.0 Å². The predicted octanol–water partition coefficient (Wildman–Crippen LogP) is 4.83. The summed E-state index contributed by atoms with van der Waals surface area (Å²) in [5, 5.41) is 0. The van der Waals surface area contributed by atoms with E-state index >= 15 is 0 Å². The predicted molar refractivity (Wildman–Crippen MR) is 86.6 cm³/mol. The minimum absolute atomic E-state index is 0.00509. The van der Waals surface area contributed by atoms with Gasteiger partial charge in [0.25, 0.3) is 0 Å². The number of carbonyl (C=O) groups excluding carboxylic acids is 1. The fourth-order valence-corrected chi connectivity index (χ4v) is 5.80. The minimum Gasteiger partial charge on any atom is -0.293 e. The third kappa shape index (κ3) is 1.63. The highest BCUT2D eigenvalue weighted by atomic mass is 79.9. The van der Waals surface area contributed by atoms with Crippen LogP contribution in [0.25, 0.3) is 0 Å². The SMILES string of the molecule is O=C1c2ccccc2C[C@]12[C@@H](c1ccc(F)cc1)C2(Br)Br. The Morgan fingerprint density at radius 1 is 1.05 bits per heavy atom. The average molecular weight is 410 g/mol. The highest BCUT2D eigenvalue weighted by Crippen LogP contribution is 2.79. The van der Waals surface area contributed by atoms with Crippen LogP contribution in [-0.4, -0.2) is 9.02 Å². The molecule has 2 aliphatic rings. The molecular weight excluding hydrogens is 399 g/mol. The molecule has 2 aliphatic carbocycles. The normalized spacial score (nSPS) is 28.7. The summed E-state index contributed by atoms with van der Waals surface area (Å²) in [5.74, 6) is -0.0871. The molecule has 1 nitrogen and oxygen atoms in total. The maximum atomic E-state index is 13.1. The van der Waals surface area contributed by atoms with Crippen LogP contribution in [-0.2, 0) is 6.42 Å². The summed E-state index contributed by atoms with van der Waals surface area (Å²) in [7, 11) is 0. The summed E-state index contributed by atoms with van der Waals surface area (Å²) >= 11 is 7.39. The van der Waals surface area contributed by atoms with Crippen molar-refractivity contribution in [2.75, 3.05) is 0 Å². The zero-order valence-corrected chi connectivity index (χ0v) is 14.1. The van der Waals surface area contributed by atoms with Crippen molar-refractivity contribution in [2.45, 2.75) is 15.6 Å². The maximum absolute atomic E-state index is 13.1. The molecule has 106 valence electrons. The molecular formula is C17H11Br2FO. The van der Waals surface area contributed by atoms with Crippen LogP contribution in [0.2, 0.25) is 0 Å². The minimum atomic E-state index is -0.505. The molecule has 2 aromatic rings. The molecule has 0 unspecified atom stereocenters. The van der Waals surface area contributed by atoms with E-state index in [0.717, 1.165) is 16.7 Å². The zero-order chi connectivity index (χ0) is 14.8. The topological polar surface area (TPSA) is 17.1 Å². The third-order valence-corrected chi connectivity index (χ3v) is 7.04. The van der Waals surface area contributed by atoms with Gasteiger partial charge in [0.1, 0.15) is 9.05 Å². The van der Waals surface area contributed by atoms with Gasteiger partial charge in [0.15, 0.2) is 5.78 Å². The summed E-state index contributed by atoms with van der Waals surface area (Å²) in [5.41, 5.74) is 2.38. The van der Waals surface area contributed by atoms with Crippen molar-refractivity contribution in [1.82, 2.24) is 0 Å². The van der Waals surface area contributed by atoms with Crippen molar-refractivity contribution in [3.63, 3.8) is 0 Å². The Kier molecular flexibility index (Phi) is 2.77. The van der Waals surface area contributed by atoms with E-state index in [4.69, 9.17) is 0 Å². The molecule has 2 aromatic carbocycles. The lowest BCUT2D eigenvalue weighted by Gasteiger charge is -2.07. The van der Waals surface area contributed by atoms with Gasteiger partial charge in [0.2, 0.25) is 0 Å². The van der Waals surface area contributed by atoms with Crippen molar-refractivity contribution in [2.24, 2.45) is 5.41 Å². The van der Waals surface area contributed by atoms with Crippen molar-refractivity contribution in [3.8, 4) is 0 Å². The number of Topliss-reactive ketones (excluding diaryl/α,β-unsaturated/α-hetero) is 1. The Hall–Kier alpha value is -1.00. The van der Waals surface area contributed by atoms with E-state index in [9.17, 15) is 9.18 Å². The summed E-state index contributed by atoms with van der Waals surface area (Å²) in [4.78, 5) is 12.9. The van der Waals surface area contributed by atoms with Gasteiger partial charge in [0.05, 0.1) is 5.41 Å². The van der Waals surface area contributed by atoms with Crippen molar-refractivity contribution >= 4 is 37.6 Å². The number of rotatable bonds is 1. The van der Waals surface area contributed by atoms with E-state index in [1.54, 1.807) is 12.1 Å². The van der Waals surface area contributed by atoms with Gasteiger partial charge in [-0.05, 0) is 29.7 Å². The standard InChI is InChI=1S/C17H11Br2FO/c18-17(19)14(10-5-7-12(20)8-6-10)16(17)9-11-3-1-2-4-13(11)15(16)21/h1-8,14H,9H2/t14-,16+/m1/s1. The van der Waals surface area contributed by atoms with E-state index in [0.29, 0.717) is 6.42 Å². The van der Waals surface area contributed by atoms with Gasteiger partial charge in [-0.3, -0.25) is 4.79 Å². The Bertz CT molecular complexity index is 754. The van der Waals surface area contributed by atoms with E-state index < -0.39 is 8.65 Å². The first-order valence-electron chi connectivity index (χ1n) is 6.74. The maximum Gasteiger partial charge on any atom is 0.172 e. The Labute approximate surface area is 138 Å². The monoisotopic (exact) mass is 408 g/mol. The molecule has 1 fully saturated rings. The lowest BCUT2D eigenvalue weighted by molar-refractivity contribution is 0.0915. The van der Waals surface area contributed by atoms with Crippen LogP contribution in [0.3, 0.4) is 0 Å². The summed E-state index contributed by atoms with van der Waals surface area (Å²) in [6.07, 6.45) is 0.709. The zero-order valence-electron chi connectivity index (χ0n) is 10.9. The first-order chi connectivity index (χ1) is 9.98. The van der Waals surface area contributed by atoms with E-state index in [-0.39, 0.29) is 17.5 Å². The lowest BCUT2D eigenvalue weighted by atomic mass is 9.95. The van der Waals surface area contributed by atoms with Crippen LogP contribution < -0.4 is 0 Å². The number of halogens is 3. The van der Waals surface area contributed by atoms with Crippen LogP contribution in [0.1, 0.15) is 27.4 Å². The molecule has 0 saturated heterocycles.